The zero-order valence-corrected chi connectivity index (χ0v) is 33.9. The van der Waals surface area contributed by atoms with Crippen LogP contribution in [0.25, 0.3) is 110 Å². The van der Waals surface area contributed by atoms with Crippen LogP contribution in [0.4, 0.5) is 0 Å². The SMILES string of the molecule is c1ccc(-c2cccc(-c3nc(-c4ccc(-c5ccc(-c6ccc(-c7ccc8c(c7)sc7ccccc78)cc6)cc5)cc4)nc(-c4ccccc4-c4ccccc4)n3)c2)cc1. The number of rotatable bonds is 8. The fraction of sp³-hybridized carbons (Fsp3) is 0. The first-order valence-electron chi connectivity index (χ1n) is 20.5. The van der Waals surface area contributed by atoms with Crippen molar-refractivity contribution in [2.75, 3.05) is 0 Å². The van der Waals surface area contributed by atoms with Crippen molar-refractivity contribution in [3.8, 4) is 89.8 Å². The fourth-order valence-corrected chi connectivity index (χ4v) is 9.34. The van der Waals surface area contributed by atoms with Gasteiger partial charge >= 0.3 is 0 Å². The van der Waals surface area contributed by atoms with Crippen LogP contribution < -0.4 is 0 Å². The molecule has 0 spiro atoms. The van der Waals surface area contributed by atoms with E-state index in [2.05, 4.69) is 206 Å². The molecule has 11 rings (SSSR count). The second-order valence-corrected chi connectivity index (χ2v) is 16.3. The Labute approximate surface area is 359 Å². The third-order valence-corrected chi connectivity index (χ3v) is 12.5. The molecule has 0 aliphatic heterocycles. The maximum absolute atomic E-state index is 5.14. The molecule has 3 nitrogen and oxygen atoms in total. The lowest BCUT2D eigenvalue weighted by molar-refractivity contribution is 1.07. The normalized spacial score (nSPS) is 11.3. The summed E-state index contributed by atoms with van der Waals surface area (Å²) in [7, 11) is 0. The molecule has 0 N–H and O–H groups in total. The highest BCUT2D eigenvalue weighted by molar-refractivity contribution is 7.25. The molecule has 61 heavy (non-hydrogen) atoms. The topological polar surface area (TPSA) is 38.7 Å². The van der Waals surface area contributed by atoms with E-state index in [0.717, 1.165) is 50.1 Å². The Morgan fingerprint density at radius 2 is 0.639 bits per heavy atom. The van der Waals surface area contributed by atoms with E-state index in [-0.39, 0.29) is 0 Å². The van der Waals surface area contributed by atoms with Crippen molar-refractivity contribution in [3.05, 3.63) is 224 Å². The lowest BCUT2D eigenvalue weighted by atomic mass is 9.97. The monoisotopic (exact) mass is 795 g/mol. The molecule has 0 saturated carbocycles. The average molecular weight is 796 g/mol. The van der Waals surface area contributed by atoms with Crippen LogP contribution in [-0.4, -0.2) is 15.0 Å². The minimum Gasteiger partial charge on any atom is -0.208 e. The molecule has 0 radical (unpaired) electrons. The molecule has 286 valence electrons. The second-order valence-electron chi connectivity index (χ2n) is 15.2. The Morgan fingerprint density at radius 1 is 0.230 bits per heavy atom. The maximum atomic E-state index is 5.14. The van der Waals surface area contributed by atoms with Crippen molar-refractivity contribution in [1.29, 1.82) is 0 Å². The summed E-state index contributed by atoms with van der Waals surface area (Å²) in [4.78, 5) is 15.4. The van der Waals surface area contributed by atoms with Crippen molar-refractivity contribution in [2.24, 2.45) is 0 Å². The highest BCUT2D eigenvalue weighted by atomic mass is 32.1. The van der Waals surface area contributed by atoms with E-state index < -0.39 is 0 Å². The second kappa shape index (κ2) is 15.8. The summed E-state index contributed by atoms with van der Waals surface area (Å²) < 4.78 is 2.65. The Balaban J connectivity index is 0.890. The Bertz CT molecular complexity index is 3320. The molecule has 0 unspecified atom stereocenters. The summed E-state index contributed by atoms with van der Waals surface area (Å²) in [5.41, 5.74) is 14.4. The number of aromatic nitrogens is 3. The van der Waals surface area contributed by atoms with Crippen molar-refractivity contribution >= 4 is 31.5 Å². The van der Waals surface area contributed by atoms with Gasteiger partial charge < -0.3 is 0 Å². The third kappa shape index (κ3) is 7.20. The van der Waals surface area contributed by atoms with Crippen molar-refractivity contribution in [2.45, 2.75) is 0 Å². The van der Waals surface area contributed by atoms with Crippen molar-refractivity contribution in [3.63, 3.8) is 0 Å². The molecule has 2 aromatic heterocycles. The number of fused-ring (bicyclic) bond motifs is 3. The minimum atomic E-state index is 0.627. The van der Waals surface area contributed by atoms with Gasteiger partial charge in [-0.05, 0) is 73.8 Å². The molecule has 0 saturated heterocycles. The summed E-state index contributed by atoms with van der Waals surface area (Å²) in [6.07, 6.45) is 0. The molecule has 11 aromatic rings. The number of hydrogen-bond donors (Lipinski definition) is 0. The molecular formula is C57H37N3S. The summed E-state index contributed by atoms with van der Waals surface area (Å²) in [5, 5.41) is 2.66. The van der Waals surface area contributed by atoms with Gasteiger partial charge in [0.1, 0.15) is 0 Å². The summed E-state index contributed by atoms with van der Waals surface area (Å²) in [6.45, 7) is 0. The van der Waals surface area contributed by atoms with Gasteiger partial charge in [0.15, 0.2) is 17.5 Å². The lowest BCUT2D eigenvalue weighted by Crippen LogP contribution is -2.01. The molecule has 0 aliphatic carbocycles. The highest BCUT2D eigenvalue weighted by Crippen LogP contribution is 2.38. The number of benzene rings is 9. The highest BCUT2D eigenvalue weighted by Gasteiger charge is 2.16. The number of hydrogen-bond acceptors (Lipinski definition) is 4. The standard InChI is InChI=1S/C57H37N3S/c1-3-12-38(13-4-1)46-16-11-17-48(36-46)56-58-55(59-57(60-56)52-20-8-7-18-49(52)44-14-5-2-6-15-44)45-32-30-42(31-33-45)40-24-22-39(23-25-40)41-26-28-43(29-27-41)47-34-35-51-50-19-9-10-21-53(50)61-54(51)37-47/h1-37H. The van der Waals surface area contributed by atoms with Gasteiger partial charge in [-0.2, -0.15) is 0 Å². The Morgan fingerprint density at radius 3 is 1.30 bits per heavy atom. The molecule has 0 aliphatic rings. The van der Waals surface area contributed by atoms with Crippen LogP contribution >= 0.6 is 11.3 Å². The quantitative estimate of drug-likeness (QED) is 0.154. The first kappa shape index (κ1) is 36.3. The molecule has 2 heterocycles. The van der Waals surface area contributed by atoms with E-state index >= 15 is 0 Å². The van der Waals surface area contributed by atoms with Gasteiger partial charge in [-0.1, -0.05) is 206 Å². The van der Waals surface area contributed by atoms with Gasteiger partial charge in [-0.3, -0.25) is 0 Å². The van der Waals surface area contributed by atoms with Crippen LogP contribution in [0.1, 0.15) is 0 Å². The van der Waals surface area contributed by atoms with E-state index in [4.69, 9.17) is 15.0 Å². The molecule has 4 heteroatoms. The molecule has 9 aromatic carbocycles. The fourth-order valence-electron chi connectivity index (χ4n) is 8.20. The average Bonchev–Trinajstić information content (AvgIpc) is 3.73. The van der Waals surface area contributed by atoms with E-state index in [1.165, 1.54) is 42.4 Å². The lowest BCUT2D eigenvalue weighted by Gasteiger charge is -2.13. The Kier molecular flexibility index (Phi) is 9.38. The molecular weight excluding hydrogens is 759 g/mol. The predicted molar refractivity (Wildman–Crippen MR) is 256 cm³/mol. The summed E-state index contributed by atoms with van der Waals surface area (Å²) >= 11 is 1.86. The zero-order chi connectivity index (χ0) is 40.5. The Hall–Kier alpha value is -7.79. The van der Waals surface area contributed by atoms with E-state index in [9.17, 15) is 0 Å². The summed E-state index contributed by atoms with van der Waals surface area (Å²) in [5.74, 6) is 1.89. The van der Waals surface area contributed by atoms with E-state index in [1.54, 1.807) is 0 Å². The van der Waals surface area contributed by atoms with Crippen molar-refractivity contribution < 1.29 is 0 Å². The predicted octanol–water partition coefficient (Wildman–Crippen LogP) is 15.6. The summed E-state index contributed by atoms with van der Waals surface area (Å²) in [6, 6.07) is 79.4. The van der Waals surface area contributed by atoms with Gasteiger partial charge in [0.05, 0.1) is 0 Å². The molecule has 0 bridgehead atoms. The van der Waals surface area contributed by atoms with Gasteiger partial charge in [0.2, 0.25) is 0 Å². The van der Waals surface area contributed by atoms with Crippen molar-refractivity contribution in [1.82, 2.24) is 15.0 Å². The van der Waals surface area contributed by atoms with Crippen LogP contribution in [0.2, 0.25) is 0 Å². The van der Waals surface area contributed by atoms with Gasteiger partial charge in [0.25, 0.3) is 0 Å². The van der Waals surface area contributed by atoms with Crippen LogP contribution in [0.15, 0.2) is 224 Å². The van der Waals surface area contributed by atoms with Gasteiger partial charge in [-0.15, -0.1) is 11.3 Å². The smallest absolute Gasteiger partial charge is 0.164 e. The minimum absolute atomic E-state index is 0.627. The van der Waals surface area contributed by atoms with E-state index in [0.29, 0.717) is 17.5 Å². The van der Waals surface area contributed by atoms with Gasteiger partial charge in [0, 0.05) is 36.9 Å². The van der Waals surface area contributed by atoms with Crippen LogP contribution in [0.5, 0.6) is 0 Å². The zero-order valence-electron chi connectivity index (χ0n) is 33.1. The first-order chi connectivity index (χ1) is 30.2. The molecule has 0 amide bonds. The largest absolute Gasteiger partial charge is 0.208 e. The van der Waals surface area contributed by atoms with Crippen LogP contribution in [-0.2, 0) is 0 Å². The van der Waals surface area contributed by atoms with Crippen LogP contribution in [0, 0.1) is 0 Å². The number of thiophene rings is 1. The molecule has 0 atom stereocenters. The van der Waals surface area contributed by atoms with Gasteiger partial charge in [-0.25, -0.2) is 15.0 Å². The van der Waals surface area contributed by atoms with Crippen LogP contribution in [0.3, 0.4) is 0 Å². The van der Waals surface area contributed by atoms with E-state index in [1.807, 2.05) is 29.5 Å². The third-order valence-electron chi connectivity index (χ3n) is 11.4. The number of nitrogens with zero attached hydrogens (tertiary/aromatic N) is 3. The maximum Gasteiger partial charge on any atom is 0.164 e. The molecule has 0 fully saturated rings. The first-order valence-corrected chi connectivity index (χ1v) is 21.3.